The van der Waals surface area contributed by atoms with E-state index in [1.54, 1.807) is 0 Å². The van der Waals surface area contributed by atoms with Crippen molar-refractivity contribution < 1.29 is 9.53 Å². The molecule has 1 saturated carbocycles. The molecule has 1 rings (SSSR count). The van der Waals surface area contributed by atoms with E-state index in [0.29, 0.717) is 12.7 Å². The zero-order valence-corrected chi connectivity index (χ0v) is 10.4. The molecule has 1 aliphatic carbocycles. The van der Waals surface area contributed by atoms with Crippen LogP contribution in [0.4, 0.5) is 0 Å². The van der Waals surface area contributed by atoms with Crippen LogP contribution < -0.4 is 11.1 Å². The van der Waals surface area contributed by atoms with E-state index in [-0.39, 0.29) is 5.91 Å². The fourth-order valence-electron chi connectivity index (χ4n) is 1.95. The first-order valence-electron chi connectivity index (χ1n) is 6.25. The summed E-state index contributed by atoms with van der Waals surface area (Å²) < 4.78 is 5.76. The molecule has 0 spiro atoms. The number of carbonyl (C=O) groups excluding carboxylic acids is 1. The normalized spacial score (nSPS) is 20.9. The molecule has 0 bridgehead atoms. The number of primary amides is 1. The summed E-state index contributed by atoms with van der Waals surface area (Å²) in [5.41, 5.74) is 4.69. The van der Waals surface area contributed by atoms with Gasteiger partial charge in [-0.05, 0) is 32.7 Å². The van der Waals surface area contributed by atoms with Gasteiger partial charge in [0.2, 0.25) is 5.91 Å². The lowest BCUT2D eigenvalue weighted by molar-refractivity contribution is -0.127. The lowest BCUT2D eigenvalue weighted by Gasteiger charge is -2.28. The summed E-state index contributed by atoms with van der Waals surface area (Å²) in [7, 11) is 0. The standard InChI is InChI=1S/C12H24N2O2/c1-3-8-14-12(2,11(13)15)9-16-10-6-4-5-7-10/h10,14H,3-9H2,1-2H3,(H2,13,15). The Morgan fingerprint density at radius 3 is 2.62 bits per heavy atom. The maximum atomic E-state index is 11.4. The van der Waals surface area contributed by atoms with Crippen LogP contribution in [0.1, 0.15) is 46.0 Å². The van der Waals surface area contributed by atoms with Crippen molar-refractivity contribution in [2.75, 3.05) is 13.2 Å². The maximum absolute atomic E-state index is 11.4. The van der Waals surface area contributed by atoms with Crippen molar-refractivity contribution in [1.29, 1.82) is 0 Å². The average molecular weight is 228 g/mol. The summed E-state index contributed by atoms with van der Waals surface area (Å²) in [6.07, 6.45) is 6.00. The number of nitrogens with one attached hydrogen (secondary N) is 1. The minimum atomic E-state index is -0.724. The van der Waals surface area contributed by atoms with Crippen LogP contribution in [0.2, 0.25) is 0 Å². The second-order valence-corrected chi connectivity index (χ2v) is 4.84. The second kappa shape index (κ2) is 6.21. The summed E-state index contributed by atoms with van der Waals surface area (Å²) in [6, 6.07) is 0. The molecule has 94 valence electrons. The molecule has 0 aromatic rings. The largest absolute Gasteiger partial charge is 0.376 e. The molecule has 1 atom stereocenters. The maximum Gasteiger partial charge on any atom is 0.239 e. The van der Waals surface area contributed by atoms with Crippen molar-refractivity contribution in [3.05, 3.63) is 0 Å². The van der Waals surface area contributed by atoms with Crippen molar-refractivity contribution >= 4 is 5.91 Å². The first-order valence-corrected chi connectivity index (χ1v) is 6.25. The average Bonchev–Trinajstić information content (AvgIpc) is 2.76. The van der Waals surface area contributed by atoms with Crippen LogP contribution in [-0.2, 0) is 9.53 Å². The highest BCUT2D eigenvalue weighted by molar-refractivity contribution is 5.84. The van der Waals surface area contributed by atoms with E-state index in [9.17, 15) is 4.79 Å². The third-order valence-corrected chi connectivity index (χ3v) is 3.22. The molecule has 1 amide bonds. The third kappa shape index (κ3) is 3.76. The van der Waals surface area contributed by atoms with E-state index >= 15 is 0 Å². The summed E-state index contributed by atoms with van der Waals surface area (Å²) in [6.45, 7) is 5.05. The van der Waals surface area contributed by atoms with Gasteiger partial charge in [0.1, 0.15) is 5.54 Å². The Bertz CT molecular complexity index is 227. The molecule has 16 heavy (non-hydrogen) atoms. The molecule has 3 N–H and O–H groups in total. The summed E-state index contributed by atoms with van der Waals surface area (Å²) in [5, 5.41) is 3.17. The second-order valence-electron chi connectivity index (χ2n) is 4.84. The third-order valence-electron chi connectivity index (χ3n) is 3.22. The number of hydrogen-bond donors (Lipinski definition) is 2. The molecule has 1 unspecified atom stereocenters. The van der Waals surface area contributed by atoms with Crippen LogP contribution in [0.5, 0.6) is 0 Å². The lowest BCUT2D eigenvalue weighted by Crippen LogP contribution is -2.56. The van der Waals surface area contributed by atoms with E-state index in [1.165, 1.54) is 12.8 Å². The van der Waals surface area contributed by atoms with E-state index in [0.717, 1.165) is 25.8 Å². The van der Waals surface area contributed by atoms with Crippen LogP contribution >= 0.6 is 0 Å². The lowest BCUT2D eigenvalue weighted by atomic mass is 10.0. The molecule has 4 heteroatoms. The topological polar surface area (TPSA) is 64.3 Å². The molecule has 1 aliphatic rings. The van der Waals surface area contributed by atoms with Crippen LogP contribution in [0.3, 0.4) is 0 Å². The van der Waals surface area contributed by atoms with E-state index in [2.05, 4.69) is 12.2 Å². The van der Waals surface area contributed by atoms with Crippen molar-refractivity contribution in [3.63, 3.8) is 0 Å². The Labute approximate surface area is 97.9 Å². The highest BCUT2D eigenvalue weighted by Gasteiger charge is 2.32. The number of ether oxygens (including phenoxy) is 1. The predicted octanol–water partition coefficient (Wildman–Crippen LogP) is 1.19. The summed E-state index contributed by atoms with van der Waals surface area (Å²) >= 11 is 0. The van der Waals surface area contributed by atoms with Crippen molar-refractivity contribution in [1.82, 2.24) is 5.32 Å². The molecule has 4 nitrogen and oxygen atoms in total. The Kier molecular flexibility index (Phi) is 5.22. The van der Waals surface area contributed by atoms with Gasteiger partial charge >= 0.3 is 0 Å². The van der Waals surface area contributed by atoms with Gasteiger partial charge < -0.3 is 15.8 Å². The highest BCUT2D eigenvalue weighted by Crippen LogP contribution is 2.22. The van der Waals surface area contributed by atoms with E-state index in [4.69, 9.17) is 10.5 Å². The highest BCUT2D eigenvalue weighted by atomic mass is 16.5. The Morgan fingerprint density at radius 2 is 2.12 bits per heavy atom. The Balaban J connectivity index is 2.39. The SMILES string of the molecule is CCCNC(C)(COC1CCCC1)C(N)=O. The predicted molar refractivity (Wildman–Crippen MR) is 64.1 cm³/mol. The van der Waals surface area contributed by atoms with Crippen molar-refractivity contribution in [3.8, 4) is 0 Å². The fourth-order valence-corrected chi connectivity index (χ4v) is 1.95. The van der Waals surface area contributed by atoms with Crippen molar-refractivity contribution in [2.45, 2.75) is 57.6 Å². The minimum Gasteiger partial charge on any atom is -0.376 e. The number of carbonyl (C=O) groups is 1. The molecule has 0 aliphatic heterocycles. The van der Waals surface area contributed by atoms with Crippen LogP contribution in [0.25, 0.3) is 0 Å². The number of hydrogen-bond acceptors (Lipinski definition) is 3. The molecule has 0 heterocycles. The van der Waals surface area contributed by atoms with Gasteiger partial charge in [0.05, 0.1) is 12.7 Å². The van der Waals surface area contributed by atoms with Gasteiger partial charge in [0.25, 0.3) is 0 Å². The first kappa shape index (κ1) is 13.5. The monoisotopic (exact) mass is 228 g/mol. The fraction of sp³-hybridized carbons (Fsp3) is 0.917. The van der Waals surface area contributed by atoms with Gasteiger partial charge in [0, 0.05) is 0 Å². The number of amides is 1. The van der Waals surface area contributed by atoms with Crippen LogP contribution in [0.15, 0.2) is 0 Å². The quantitative estimate of drug-likeness (QED) is 0.688. The van der Waals surface area contributed by atoms with Crippen LogP contribution in [-0.4, -0.2) is 30.7 Å². The molecule has 0 aromatic heterocycles. The van der Waals surface area contributed by atoms with Gasteiger partial charge in [-0.15, -0.1) is 0 Å². The number of rotatable bonds is 7. The molecule has 0 radical (unpaired) electrons. The number of nitrogens with two attached hydrogens (primary N) is 1. The van der Waals surface area contributed by atoms with Gasteiger partial charge in [-0.25, -0.2) is 0 Å². The smallest absolute Gasteiger partial charge is 0.239 e. The Hall–Kier alpha value is -0.610. The van der Waals surface area contributed by atoms with Gasteiger partial charge in [-0.2, -0.15) is 0 Å². The van der Waals surface area contributed by atoms with Gasteiger partial charge in [-0.3, -0.25) is 4.79 Å². The molecule has 0 aromatic carbocycles. The molecule has 1 fully saturated rings. The first-order chi connectivity index (χ1) is 7.58. The van der Waals surface area contributed by atoms with Gasteiger partial charge in [0.15, 0.2) is 0 Å². The van der Waals surface area contributed by atoms with Crippen LogP contribution in [0, 0.1) is 0 Å². The molecular formula is C12H24N2O2. The van der Waals surface area contributed by atoms with Gasteiger partial charge in [-0.1, -0.05) is 19.8 Å². The van der Waals surface area contributed by atoms with Crippen molar-refractivity contribution in [2.24, 2.45) is 5.73 Å². The van der Waals surface area contributed by atoms with E-state index < -0.39 is 5.54 Å². The minimum absolute atomic E-state index is 0.321. The molecule has 0 saturated heterocycles. The van der Waals surface area contributed by atoms with E-state index in [1.807, 2.05) is 6.92 Å². The zero-order valence-electron chi connectivity index (χ0n) is 10.4. The zero-order chi connectivity index (χ0) is 12.0. The summed E-state index contributed by atoms with van der Waals surface area (Å²) in [5.74, 6) is -0.334. The summed E-state index contributed by atoms with van der Waals surface area (Å²) in [4.78, 5) is 11.4. The molecular weight excluding hydrogens is 204 g/mol. The Morgan fingerprint density at radius 1 is 1.50 bits per heavy atom.